The summed E-state index contributed by atoms with van der Waals surface area (Å²) in [6.07, 6.45) is -3.29. The number of esters is 1. The first-order chi connectivity index (χ1) is 16.5. The number of alkyl halides is 3. The SMILES string of the molecule is COC(=O)c1ccc(COc2ccc(C(C)C(c3ccnc(Cl)c3)C(F)(F)F)c(Cl)c2)c(OC)c1. The van der Waals surface area contributed by atoms with Crippen molar-refractivity contribution in [2.75, 3.05) is 14.2 Å². The molecule has 0 N–H and O–H groups in total. The van der Waals surface area contributed by atoms with Crippen molar-refractivity contribution in [3.05, 3.63) is 87.2 Å². The highest BCUT2D eigenvalue weighted by Crippen LogP contribution is 2.46. The van der Waals surface area contributed by atoms with Gasteiger partial charge in [0.25, 0.3) is 0 Å². The molecule has 5 nitrogen and oxygen atoms in total. The first-order valence-corrected chi connectivity index (χ1v) is 11.2. The van der Waals surface area contributed by atoms with E-state index >= 15 is 0 Å². The second-order valence-electron chi connectivity index (χ2n) is 7.71. The monoisotopic (exact) mass is 527 g/mol. The van der Waals surface area contributed by atoms with E-state index in [0.29, 0.717) is 28.2 Å². The lowest BCUT2D eigenvalue weighted by Gasteiger charge is -2.28. The van der Waals surface area contributed by atoms with Gasteiger partial charge in [-0.3, -0.25) is 0 Å². The lowest BCUT2D eigenvalue weighted by atomic mass is 9.82. The number of halogens is 5. The zero-order chi connectivity index (χ0) is 25.8. The molecule has 0 saturated carbocycles. The highest BCUT2D eigenvalue weighted by molar-refractivity contribution is 6.31. The van der Waals surface area contributed by atoms with Gasteiger partial charge in [0.05, 0.1) is 25.7 Å². The highest BCUT2D eigenvalue weighted by Gasteiger charge is 2.45. The third-order valence-electron chi connectivity index (χ3n) is 5.53. The molecule has 0 aliphatic heterocycles. The Balaban J connectivity index is 1.81. The Bertz CT molecular complexity index is 1200. The topological polar surface area (TPSA) is 57.7 Å². The molecule has 0 amide bonds. The quantitative estimate of drug-likeness (QED) is 0.228. The summed E-state index contributed by atoms with van der Waals surface area (Å²) in [6.45, 7) is 1.54. The van der Waals surface area contributed by atoms with Crippen LogP contribution in [-0.2, 0) is 11.3 Å². The molecule has 0 radical (unpaired) electrons. The van der Waals surface area contributed by atoms with Gasteiger partial charge in [0.1, 0.15) is 23.3 Å². The summed E-state index contributed by atoms with van der Waals surface area (Å²) in [7, 11) is 2.74. The van der Waals surface area contributed by atoms with Gasteiger partial charge < -0.3 is 14.2 Å². The number of nitrogens with zero attached hydrogens (tertiary/aromatic N) is 1. The Hall–Kier alpha value is -2.97. The maximum atomic E-state index is 14.0. The first-order valence-electron chi connectivity index (χ1n) is 10.4. The van der Waals surface area contributed by atoms with Gasteiger partial charge in [-0.25, -0.2) is 9.78 Å². The molecule has 10 heteroatoms. The number of ether oxygens (including phenoxy) is 3. The normalized spacial score (nSPS) is 13.1. The predicted octanol–water partition coefficient (Wildman–Crippen LogP) is 7.21. The van der Waals surface area contributed by atoms with Crippen molar-refractivity contribution in [2.45, 2.75) is 31.5 Å². The summed E-state index contributed by atoms with van der Waals surface area (Å²) in [5.41, 5.74) is 1.29. The van der Waals surface area contributed by atoms with Crippen molar-refractivity contribution in [1.29, 1.82) is 0 Å². The van der Waals surface area contributed by atoms with Gasteiger partial charge in [0, 0.05) is 16.8 Å². The molecule has 0 saturated heterocycles. The lowest BCUT2D eigenvalue weighted by molar-refractivity contribution is -0.154. The minimum atomic E-state index is -4.53. The molecule has 186 valence electrons. The largest absolute Gasteiger partial charge is 0.496 e. The smallest absolute Gasteiger partial charge is 0.396 e. The van der Waals surface area contributed by atoms with Crippen LogP contribution in [0.15, 0.2) is 54.7 Å². The van der Waals surface area contributed by atoms with Gasteiger partial charge in [-0.15, -0.1) is 0 Å². The molecule has 35 heavy (non-hydrogen) atoms. The van der Waals surface area contributed by atoms with Crippen LogP contribution in [-0.4, -0.2) is 31.3 Å². The maximum absolute atomic E-state index is 14.0. The summed E-state index contributed by atoms with van der Waals surface area (Å²) in [5, 5.41) is 0.117. The van der Waals surface area contributed by atoms with Crippen LogP contribution < -0.4 is 9.47 Å². The van der Waals surface area contributed by atoms with E-state index < -0.39 is 24.0 Å². The molecule has 2 aromatic carbocycles. The van der Waals surface area contributed by atoms with Gasteiger partial charge >= 0.3 is 12.1 Å². The van der Waals surface area contributed by atoms with Crippen LogP contribution in [0, 0.1) is 0 Å². The first kappa shape index (κ1) is 26.6. The molecule has 0 bridgehead atoms. The van der Waals surface area contributed by atoms with Crippen LogP contribution in [0.3, 0.4) is 0 Å². The van der Waals surface area contributed by atoms with Crippen molar-refractivity contribution in [3.63, 3.8) is 0 Å². The molecule has 3 aromatic rings. The molecule has 2 unspecified atom stereocenters. The number of hydrogen-bond acceptors (Lipinski definition) is 5. The summed E-state index contributed by atoms with van der Waals surface area (Å²) in [5.74, 6) is -2.54. The Morgan fingerprint density at radius 2 is 1.80 bits per heavy atom. The summed E-state index contributed by atoms with van der Waals surface area (Å²) in [6, 6.07) is 11.8. The number of carbonyl (C=O) groups excluding carboxylic acids is 1. The van der Waals surface area contributed by atoms with Gasteiger partial charge in [-0.1, -0.05) is 42.3 Å². The molecule has 0 fully saturated rings. The lowest BCUT2D eigenvalue weighted by Crippen LogP contribution is -2.26. The fourth-order valence-corrected chi connectivity index (χ4v) is 4.31. The van der Waals surface area contributed by atoms with Crippen LogP contribution in [0.25, 0.3) is 0 Å². The Labute approximate surface area is 210 Å². The Morgan fingerprint density at radius 3 is 2.40 bits per heavy atom. The number of methoxy groups -OCH3 is 2. The number of rotatable bonds is 8. The molecule has 2 atom stereocenters. The molecule has 1 heterocycles. The maximum Gasteiger partial charge on any atom is 0.396 e. The number of pyridine rings is 1. The summed E-state index contributed by atoms with van der Waals surface area (Å²) >= 11 is 12.2. The zero-order valence-corrected chi connectivity index (χ0v) is 20.5. The summed E-state index contributed by atoms with van der Waals surface area (Å²) < 4.78 is 57.8. The van der Waals surface area contributed by atoms with Crippen LogP contribution in [0.4, 0.5) is 13.2 Å². The fourth-order valence-electron chi connectivity index (χ4n) is 3.79. The molecule has 0 aliphatic rings. The third kappa shape index (κ3) is 6.38. The molecule has 3 rings (SSSR count). The van der Waals surface area contributed by atoms with E-state index in [1.807, 2.05) is 0 Å². The average Bonchev–Trinajstić information content (AvgIpc) is 2.81. The van der Waals surface area contributed by atoms with E-state index in [4.69, 9.17) is 37.4 Å². The van der Waals surface area contributed by atoms with Crippen molar-refractivity contribution in [1.82, 2.24) is 4.98 Å². The van der Waals surface area contributed by atoms with Crippen molar-refractivity contribution in [2.24, 2.45) is 0 Å². The second kappa shape index (κ2) is 11.2. The van der Waals surface area contributed by atoms with Crippen LogP contribution in [0.5, 0.6) is 11.5 Å². The molecular weight excluding hydrogens is 506 g/mol. The van der Waals surface area contributed by atoms with E-state index in [-0.39, 0.29) is 22.3 Å². The number of hydrogen-bond donors (Lipinski definition) is 0. The van der Waals surface area contributed by atoms with E-state index in [2.05, 4.69) is 4.98 Å². The molecule has 1 aromatic heterocycles. The van der Waals surface area contributed by atoms with Crippen LogP contribution in [0.2, 0.25) is 10.2 Å². The van der Waals surface area contributed by atoms with E-state index in [1.54, 1.807) is 18.2 Å². The number of aromatic nitrogens is 1. The third-order valence-corrected chi connectivity index (χ3v) is 6.06. The highest BCUT2D eigenvalue weighted by atomic mass is 35.5. The predicted molar refractivity (Wildman–Crippen MR) is 127 cm³/mol. The van der Waals surface area contributed by atoms with Gasteiger partial charge in [-0.2, -0.15) is 13.2 Å². The number of benzene rings is 2. The van der Waals surface area contributed by atoms with Crippen molar-refractivity contribution in [3.8, 4) is 11.5 Å². The van der Waals surface area contributed by atoms with E-state index in [1.165, 1.54) is 57.7 Å². The zero-order valence-electron chi connectivity index (χ0n) is 19.0. The standard InChI is InChI=1S/C25H22Cl2F3NO4/c1-14(23(25(28,29)30)15-8-9-31-22(27)11-15)19-7-6-18(12-20(19)26)35-13-17-5-4-16(24(32)34-3)10-21(17)33-2/h4-12,14,23H,13H2,1-3H3. The fraction of sp³-hybridized carbons (Fsp3) is 0.280. The van der Waals surface area contributed by atoms with Gasteiger partial charge in [-0.05, 0) is 53.4 Å². The van der Waals surface area contributed by atoms with Gasteiger partial charge in [0.2, 0.25) is 0 Å². The molecule has 0 spiro atoms. The Morgan fingerprint density at radius 1 is 1.06 bits per heavy atom. The van der Waals surface area contributed by atoms with Crippen LogP contribution in [0.1, 0.15) is 45.8 Å². The van der Waals surface area contributed by atoms with Crippen molar-refractivity contribution >= 4 is 29.2 Å². The van der Waals surface area contributed by atoms with Gasteiger partial charge in [0.15, 0.2) is 0 Å². The minimum Gasteiger partial charge on any atom is -0.496 e. The van der Waals surface area contributed by atoms with E-state index in [9.17, 15) is 18.0 Å². The summed E-state index contributed by atoms with van der Waals surface area (Å²) in [4.78, 5) is 15.5. The van der Waals surface area contributed by atoms with Crippen LogP contribution >= 0.6 is 23.2 Å². The average molecular weight is 528 g/mol. The minimum absolute atomic E-state index is 0.00360. The van der Waals surface area contributed by atoms with Crippen molar-refractivity contribution < 1.29 is 32.2 Å². The second-order valence-corrected chi connectivity index (χ2v) is 8.50. The molecule has 0 aliphatic carbocycles. The number of carbonyl (C=O) groups is 1. The van der Waals surface area contributed by atoms with E-state index in [0.717, 1.165) is 0 Å². The molecular formula is C25H22Cl2F3NO4. The Kier molecular flexibility index (Phi) is 8.51.